The van der Waals surface area contributed by atoms with Gasteiger partial charge in [0.1, 0.15) is 18.6 Å². The van der Waals surface area contributed by atoms with E-state index in [0.717, 1.165) is 0 Å². The quantitative estimate of drug-likeness (QED) is 0.427. The third-order valence-electron chi connectivity index (χ3n) is 1.81. The maximum atomic E-state index is 11.5. The first-order valence-electron chi connectivity index (χ1n) is 4.59. The molecular formula is C11H12O4. The van der Waals surface area contributed by atoms with E-state index in [-0.39, 0.29) is 25.4 Å². The number of carbonyl (C=O) groups is 2. The van der Waals surface area contributed by atoms with Gasteiger partial charge in [-0.25, -0.2) is 0 Å². The Balaban J connectivity index is 2.85. The molecule has 0 unspecified atom stereocenters. The van der Waals surface area contributed by atoms with Gasteiger partial charge in [0.25, 0.3) is 0 Å². The normalized spacial score (nSPS) is 9.67. The Hall–Kier alpha value is -1.68. The van der Waals surface area contributed by atoms with Gasteiger partial charge in [0, 0.05) is 0 Å². The number of hydrogen-bond acceptors (Lipinski definition) is 4. The predicted molar refractivity (Wildman–Crippen MR) is 54.0 cm³/mol. The smallest absolute Gasteiger partial charge is 0.173 e. The van der Waals surface area contributed by atoms with Crippen molar-refractivity contribution in [3.63, 3.8) is 0 Å². The van der Waals surface area contributed by atoms with Crippen molar-refractivity contribution in [2.75, 3.05) is 13.2 Å². The van der Waals surface area contributed by atoms with Crippen molar-refractivity contribution < 1.29 is 19.4 Å². The van der Waals surface area contributed by atoms with Crippen LogP contribution in [0, 0.1) is 0 Å². The van der Waals surface area contributed by atoms with E-state index in [1.165, 1.54) is 0 Å². The van der Waals surface area contributed by atoms with Crippen LogP contribution in [0.3, 0.4) is 0 Å². The van der Waals surface area contributed by atoms with E-state index in [2.05, 4.69) is 0 Å². The molecule has 0 atom stereocenters. The molecule has 1 aromatic rings. The number of benzene rings is 1. The van der Waals surface area contributed by atoms with Crippen LogP contribution in [0.15, 0.2) is 24.3 Å². The van der Waals surface area contributed by atoms with E-state index in [1.807, 2.05) is 0 Å². The molecule has 0 aliphatic carbocycles. The zero-order valence-electron chi connectivity index (χ0n) is 8.18. The van der Waals surface area contributed by atoms with E-state index in [0.29, 0.717) is 17.6 Å². The van der Waals surface area contributed by atoms with Gasteiger partial charge in [0.15, 0.2) is 5.78 Å². The molecule has 15 heavy (non-hydrogen) atoms. The highest BCUT2D eigenvalue weighted by atomic mass is 16.5. The van der Waals surface area contributed by atoms with Gasteiger partial charge in [-0.2, -0.15) is 0 Å². The summed E-state index contributed by atoms with van der Waals surface area (Å²) in [7, 11) is 0. The molecule has 4 heteroatoms. The summed E-state index contributed by atoms with van der Waals surface area (Å²) < 4.78 is 5.17. The number of carbonyl (C=O) groups excluding carboxylic acids is 2. The fraction of sp³-hybridized carbons (Fsp3) is 0.273. The number of Topliss-reactive ketones (excluding diaryl/α,β-unsaturated/α-hetero) is 1. The minimum absolute atomic E-state index is 0.115. The van der Waals surface area contributed by atoms with Crippen molar-refractivity contribution in [3.05, 3.63) is 29.8 Å². The predicted octanol–water partition coefficient (Wildman–Crippen LogP) is 0.829. The van der Waals surface area contributed by atoms with Crippen molar-refractivity contribution in [2.24, 2.45) is 0 Å². The SMILES string of the molecule is O=CCC(=O)c1ccccc1OCCO. The van der Waals surface area contributed by atoms with E-state index in [4.69, 9.17) is 9.84 Å². The largest absolute Gasteiger partial charge is 0.490 e. The van der Waals surface area contributed by atoms with Crippen LogP contribution in [0.2, 0.25) is 0 Å². The lowest BCUT2D eigenvalue weighted by Gasteiger charge is -2.08. The van der Waals surface area contributed by atoms with Crippen LogP contribution < -0.4 is 4.74 Å². The standard InChI is InChI=1S/C11H12O4/c12-6-5-10(14)9-3-1-2-4-11(9)15-8-7-13/h1-4,6,13H,5,7-8H2. The minimum Gasteiger partial charge on any atom is -0.490 e. The lowest BCUT2D eigenvalue weighted by Crippen LogP contribution is -2.07. The summed E-state index contributed by atoms with van der Waals surface area (Å²) in [6.45, 7) is 0.0155. The topological polar surface area (TPSA) is 63.6 Å². The number of aliphatic hydroxyl groups is 1. The molecule has 0 amide bonds. The summed E-state index contributed by atoms with van der Waals surface area (Å²) >= 11 is 0. The Bertz CT molecular complexity index is 346. The van der Waals surface area contributed by atoms with Gasteiger partial charge in [-0.15, -0.1) is 0 Å². The van der Waals surface area contributed by atoms with Gasteiger partial charge in [-0.1, -0.05) is 12.1 Å². The van der Waals surface area contributed by atoms with Crippen LogP contribution in [0.1, 0.15) is 16.8 Å². The van der Waals surface area contributed by atoms with Gasteiger partial charge in [-0.3, -0.25) is 4.79 Å². The number of rotatable bonds is 6. The van der Waals surface area contributed by atoms with Crippen LogP contribution in [-0.2, 0) is 4.79 Å². The van der Waals surface area contributed by atoms with Crippen LogP contribution in [0.5, 0.6) is 5.75 Å². The monoisotopic (exact) mass is 208 g/mol. The van der Waals surface area contributed by atoms with Crippen molar-refractivity contribution in [1.29, 1.82) is 0 Å². The summed E-state index contributed by atoms with van der Waals surface area (Å²) in [6, 6.07) is 6.65. The Labute approximate surface area is 87.5 Å². The highest BCUT2D eigenvalue weighted by molar-refractivity contribution is 6.04. The van der Waals surface area contributed by atoms with Gasteiger partial charge >= 0.3 is 0 Å². The molecule has 1 N–H and O–H groups in total. The zero-order chi connectivity index (χ0) is 11.1. The summed E-state index contributed by atoms with van der Waals surface area (Å²) in [5.74, 6) is 0.122. The number of aldehydes is 1. The first-order chi connectivity index (χ1) is 7.29. The third-order valence-corrected chi connectivity index (χ3v) is 1.81. The number of hydrogen-bond donors (Lipinski definition) is 1. The molecular weight excluding hydrogens is 196 g/mol. The molecule has 0 heterocycles. The van der Waals surface area contributed by atoms with Gasteiger partial charge < -0.3 is 14.6 Å². The molecule has 0 radical (unpaired) electrons. The zero-order valence-corrected chi connectivity index (χ0v) is 8.18. The van der Waals surface area contributed by atoms with Crippen LogP contribution >= 0.6 is 0 Å². The molecule has 1 rings (SSSR count). The second-order valence-corrected chi connectivity index (χ2v) is 2.86. The highest BCUT2D eigenvalue weighted by Gasteiger charge is 2.10. The molecule has 4 nitrogen and oxygen atoms in total. The molecule has 0 saturated heterocycles. The van der Waals surface area contributed by atoms with Crippen LogP contribution in [0.25, 0.3) is 0 Å². The molecule has 80 valence electrons. The lowest BCUT2D eigenvalue weighted by atomic mass is 10.1. The van der Waals surface area contributed by atoms with E-state index >= 15 is 0 Å². The molecule has 0 saturated carbocycles. The fourth-order valence-corrected chi connectivity index (χ4v) is 1.16. The van der Waals surface area contributed by atoms with Crippen LogP contribution in [0.4, 0.5) is 0 Å². The van der Waals surface area contributed by atoms with Gasteiger partial charge in [0.2, 0.25) is 0 Å². The number of aliphatic hydroxyl groups excluding tert-OH is 1. The van der Waals surface area contributed by atoms with Crippen molar-refractivity contribution in [3.8, 4) is 5.75 Å². The van der Waals surface area contributed by atoms with Gasteiger partial charge in [-0.05, 0) is 12.1 Å². The second kappa shape index (κ2) is 5.93. The van der Waals surface area contributed by atoms with E-state index in [9.17, 15) is 9.59 Å². The Morgan fingerprint density at radius 3 is 2.80 bits per heavy atom. The summed E-state index contributed by atoms with van der Waals surface area (Å²) in [6.07, 6.45) is 0.407. The van der Waals surface area contributed by atoms with Crippen LogP contribution in [-0.4, -0.2) is 30.4 Å². The molecule has 0 aliphatic rings. The molecule has 0 fully saturated rings. The molecule has 0 bridgehead atoms. The number of ketones is 1. The Morgan fingerprint density at radius 1 is 1.40 bits per heavy atom. The number of para-hydroxylation sites is 1. The third kappa shape index (κ3) is 3.18. The highest BCUT2D eigenvalue weighted by Crippen LogP contribution is 2.19. The molecule has 0 aromatic heterocycles. The minimum atomic E-state index is -0.279. The van der Waals surface area contributed by atoms with E-state index in [1.54, 1.807) is 24.3 Å². The lowest BCUT2D eigenvalue weighted by molar-refractivity contribution is -0.107. The maximum Gasteiger partial charge on any atom is 0.173 e. The fourth-order valence-electron chi connectivity index (χ4n) is 1.16. The molecule has 0 spiro atoms. The summed E-state index contributed by atoms with van der Waals surface area (Å²) in [5.41, 5.74) is 0.373. The van der Waals surface area contributed by atoms with Crippen molar-refractivity contribution >= 4 is 12.1 Å². The first kappa shape index (κ1) is 11.4. The second-order valence-electron chi connectivity index (χ2n) is 2.86. The Kier molecular flexibility index (Phi) is 4.50. The van der Waals surface area contributed by atoms with E-state index < -0.39 is 0 Å². The average Bonchev–Trinajstić information content (AvgIpc) is 2.27. The average molecular weight is 208 g/mol. The van der Waals surface area contributed by atoms with Gasteiger partial charge in [0.05, 0.1) is 18.6 Å². The summed E-state index contributed by atoms with van der Waals surface area (Å²) in [5, 5.41) is 8.59. The number of ether oxygens (including phenoxy) is 1. The van der Waals surface area contributed by atoms with Crippen molar-refractivity contribution in [1.82, 2.24) is 0 Å². The molecule has 0 aliphatic heterocycles. The maximum absolute atomic E-state index is 11.5. The van der Waals surface area contributed by atoms with Crippen molar-refractivity contribution in [2.45, 2.75) is 6.42 Å². The Morgan fingerprint density at radius 2 is 2.13 bits per heavy atom. The molecule has 1 aromatic carbocycles. The summed E-state index contributed by atoms with van der Waals surface area (Å²) in [4.78, 5) is 21.7. The first-order valence-corrected chi connectivity index (χ1v) is 4.59.